The molecule has 0 radical (unpaired) electrons. The van der Waals surface area contributed by atoms with E-state index in [1.54, 1.807) is 36.5 Å². The molecule has 9 heteroatoms. The highest BCUT2D eigenvalue weighted by Gasteiger charge is 2.22. The van der Waals surface area contributed by atoms with Crippen LogP contribution in [0.2, 0.25) is 0 Å². The number of nitrogens with zero attached hydrogens (tertiary/aromatic N) is 1. The largest absolute Gasteiger partial charge is 0.453 e. The number of pyridine rings is 2. The van der Waals surface area contributed by atoms with E-state index in [0.29, 0.717) is 40.1 Å². The van der Waals surface area contributed by atoms with E-state index in [2.05, 4.69) is 20.6 Å². The zero-order valence-electron chi connectivity index (χ0n) is 19.7. The lowest BCUT2D eigenvalue weighted by atomic mass is 10.0. The third-order valence-corrected chi connectivity index (χ3v) is 5.91. The molecule has 186 valence electrons. The van der Waals surface area contributed by atoms with E-state index >= 15 is 0 Å². The van der Waals surface area contributed by atoms with Crippen molar-refractivity contribution in [2.24, 2.45) is 0 Å². The fraction of sp³-hybridized carbons (Fsp3) is 0. The van der Waals surface area contributed by atoms with Crippen molar-refractivity contribution in [1.82, 2.24) is 9.97 Å². The van der Waals surface area contributed by atoms with E-state index in [1.165, 1.54) is 36.7 Å². The summed E-state index contributed by atoms with van der Waals surface area (Å²) in [4.78, 5) is 32.9. The Balaban J connectivity index is 1.18. The van der Waals surface area contributed by atoms with Crippen molar-refractivity contribution in [3.05, 3.63) is 119 Å². The van der Waals surface area contributed by atoms with E-state index in [4.69, 9.17) is 9.47 Å². The molecule has 8 nitrogen and oxygen atoms in total. The molecule has 6 rings (SSSR count). The molecule has 38 heavy (non-hydrogen) atoms. The van der Waals surface area contributed by atoms with Gasteiger partial charge in [0.1, 0.15) is 17.1 Å². The second-order valence-corrected chi connectivity index (χ2v) is 8.41. The van der Waals surface area contributed by atoms with Crippen LogP contribution >= 0.6 is 0 Å². The molecule has 2 aromatic heterocycles. The number of anilines is 3. The summed E-state index contributed by atoms with van der Waals surface area (Å²) in [5, 5.41) is 5.95. The van der Waals surface area contributed by atoms with Crippen molar-refractivity contribution in [2.75, 3.05) is 10.6 Å². The summed E-state index contributed by atoms with van der Waals surface area (Å²) < 4.78 is 25.3. The Morgan fingerprint density at radius 3 is 2.55 bits per heavy atom. The van der Waals surface area contributed by atoms with Gasteiger partial charge in [-0.05, 0) is 54.1 Å². The van der Waals surface area contributed by atoms with Crippen LogP contribution in [-0.2, 0) is 0 Å². The first-order chi connectivity index (χ1) is 18.5. The number of rotatable bonds is 5. The van der Waals surface area contributed by atoms with Crippen molar-refractivity contribution in [2.45, 2.75) is 0 Å². The molecular formula is C29H19FN4O4. The quantitative estimate of drug-likeness (QED) is 0.248. The summed E-state index contributed by atoms with van der Waals surface area (Å²) in [7, 11) is 0. The van der Waals surface area contributed by atoms with Gasteiger partial charge in [0.05, 0.1) is 5.69 Å². The van der Waals surface area contributed by atoms with Crippen molar-refractivity contribution < 1.29 is 18.7 Å². The van der Waals surface area contributed by atoms with E-state index in [-0.39, 0.29) is 11.1 Å². The monoisotopic (exact) mass is 506 g/mol. The Hall–Kier alpha value is -5.44. The van der Waals surface area contributed by atoms with Gasteiger partial charge in [0.25, 0.3) is 5.91 Å². The Bertz CT molecular complexity index is 1720. The van der Waals surface area contributed by atoms with Gasteiger partial charge in [0, 0.05) is 35.9 Å². The fourth-order valence-corrected chi connectivity index (χ4v) is 4.02. The maximum atomic E-state index is 13.3. The van der Waals surface area contributed by atoms with Gasteiger partial charge in [0.2, 0.25) is 11.2 Å². The van der Waals surface area contributed by atoms with E-state index < -0.39 is 17.2 Å². The summed E-state index contributed by atoms with van der Waals surface area (Å²) in [5.41, 5.74) is 1.52. The number of aromatic amines is 1. The predicted octanol–water partition coefficient (Wildman–Crippen LogP) is 6.47. The Morgan fingerprint density at radius 1 is 0.947 bits per heavy atom. The SMILES string of the molecule is O=C(Nc1ccc(Oc2ccnc3c2Oc2ccccc2N3)cc1)c1c[nH]cc(-c2ccc(F)cc2)c1=O. The Morgan fingerprint density at radius 2 is 1.74 bits per heavy atom. The molecule has 1 amide bonds. The first kappa shape index (κ1) is 23.0. The summed E-state index contributed by atoms with van der Waals surface area (Å²) in [6.45, 7) is 0. The second kappa shape index (κ2) is 9.55. The third kappa shape index (κ3) is 4.44. The van der Waals surface area contributed by atoms with Crippen LogP contribution in [0, 0.1) is 5.82 Å². The minimum absolute atomic E-state index is 0.0690. The minimum atomic E-state index is -0.578. The van der Waals surface area contributed by atoms with Gasteiger partial charge in [-0.1, -0.05) is 24.3 Å². The van der Waals surface area contributed by atoms with Crippen LogP contribution in [0.4, 0.5) is 21.6 Å². The maximum absolute atomic E-state index is 13.3. The molecule has 1 aliphatic rings. The van der Waals surface area contributed by atoms with Crippen LogP contribution in [0.3, 0.4) is 0 Å². The number of benzene rings is 3. The molecule has 5 aromatic rings. The molecule has 0 bridgehead atoms. The van der Waals surface area contributed by atoms with Crippen molar-refractivity contribution in [1.29, 1.82) is 0 Å². The van der Waals surface area contributed by atoms with Crippen LogP contribution < -0.4 is 25.5 Å². The Labute approximate surface area is 215 Å². The van der Waals surface area contributed by atoms with Gasteiger partial charge < -0.3 is 25.1 Å². The highest BCUT2D eigenvalue weighted by molar-refractivity contribution is 6.04. The molecule has 3 aromatic carbocycles. The fourth-order valence-electron chi connectivity index (χ4n) is 4.02. The van der Waals surface area contributed by atoms with Gasteiger partial charge in [-0.15, -0.1) is 0 Å². The number of amides is 1. The molecule has 0 atom stereocenters. The van der Waals surface area contributed by atoms with Crippen molar-refractivity contribution in [3.8, 4) is 34.1 Å². The average molecular weight is 506 g/mol. The number of ether oxygens (including phenoxy) is 2. The molecular weight excluding hydrogens is 487 g/mol. The number of para-hydroxylation sites is 2. The summed E-state index contributed by atoms with van der Waals surface area (Å²) in [6, 6.07) is 21.4. The van der Waals surface area contributed by atoms with Crippen LogP contribution in [-0.4, -0.2) is 15.9 Å². The smallest absolute Gasteiger partial charge is 0.261 e. The zero-order chi connectivity index (χ0) is 26.1. The van der Waals surface area contributed by atoms with E-state index in [1.807, 2.05) is 24.3 Å². The molecule has 0 spiro atoms. The average Bonchev–Trinajstić information content (AvgIpc) is 2.94. The summed E-state index contributed by atoms with van der Waals surface area (Å²) >= 11 is 0. The van der Waals surface area contributed by atoms with Crippen LogP contribution in [0.5, 0.6) is 23.0 Å². The molecule has 0 aliphatic carbocycles. The number of nitrogens with one attached hydrogen (secondary N) is 3. The third-order valence-electron chi connectivity index (χ3n) is 5.91. The van der Waals surface area contributed by atoms with E-state index in [9.17, 15) is 14.0 Å². The molecule has 0 saturated carbocycles. The Kier molecular flexibility index (Phi) is 5.78. The highest BCUT2D eigenvalue weighted by Crippen LogP contribution is 2.46. The summed E-state index contributed by atoms with van der Waals surface area (Å²) in [6.07, 6.45) is 4.43. The zero-order valence-corrected chi connectivity index (χ0v) is 19.7. The normalized spacial score (nSPS) is 11.4. The number of aromatic nitrogens is 2. The van der Waals surface area contributed by atoms with Gasteiger partial charge in [-0.2, -0.15) is 0 Å². The number of carbonyl (C=O) groups is 1. The van der Waals surface area contributed by atoms with Crippen LogP contribution in [0.1, 0.15) is 10.4 Å². The number of fused-ring (bicyclic) bond motifs is 2. The first-order valence-corrected chi connectivity index (χ1v) is 11.6. The molecule has 0 saturated heterocycles. The first-order valence-electron chi connectivity index (χ1n) is 11.6. The van der Waals surface area contributed by atoms with Gasteiger partial charge in [-0.3, -0.25) is 9.59 Å². The topological polar surface area (TPSA) is 105 Å². The molecule has 3 N–H and O–H groups in total. The maximum Gasteiger partial charge on any atom is 0.261 e. The molecule has 3 heterocycles. The second-order valence-electron chi connectivity index (χ2n) is 8.41. The lowest BCUT2D eigenvalue weighted by molar-refractivity contribution is 0.102. The number of hydrogen-bond acceptors (Lipinski definition) is 6. The summed E-state index contributed by atoms with van der Waals surface area (Å²) in [5.74, 6) is 1.65. The molecule has 0 fully saturated rings. The van der Waals surface area contributed by atoms with Gasteiger partial charge in [0.15, 0.2) is 17.3 Å². The number of hydrogen-bond donors (Lipinski definition) is 3. The lowest BCUT2D eigenvalue weighted by Crippen LogP contribution is -2.22. The van der Waals surface area contributed by atoms with E-state index in [0.717, 1.165) is 5.69 Å². The number of halogens is 1. The van der Waals surface area contributed by atoms with Gasteiger partial charge >= 0.3 is 0 Å². The highest BCUT2D eigenvalue weighted by atomic mass is 19.1. The number of H-pyrrole nitrogens is 1. The van der Waals surface area contributed by atoms with Crippen molar-refractivity contribution in [3.63, 3.8) is 0 Å². The lowest BCUT2D eigenvalue weighted by Gasteiger charge is -2.22. The van der Waals surface area contributed by atoms with Crippen LogP contribution in [0.25, 0.3) is 11.1 Å². The van der Waals surface area contributed by atoms with Crippen molar-refractivity contribution >= 4 is 23.1 Å². The number of carbonyl (C=O) groups excluding carboxylic acids is 1. The molecule has 0 unspecified atom stereocenters. The standard InChI is InChI=1S/C29H19FN4O4/c30-18-7-5-17(6-8-18)21-15-31-16-22(26(21)35)29(36)33-19-9-11-20(12-10-19)37-25-13-14-32-28-27(25)38-24-4-2-1-3-23(24)34-28/h1-16H,(H,31,35)(H,32,34)(H,33,36). The minimum Gasteiger partial charge on any atom is -0.453 e. The van der Waals surface area contributed by atoms with Crippen LogP contribution in [0.15, 0.2) is 102 Å². The molecule has 1 aliphatic heterocycles. The van der Waals surface area contributed by atoms with Gasteiger partial charge in [-0.25, -0.2) is 9.37 Å². The predicted molar refractivity (Wildman–Crippen MR) is 141 cm³/mol.